The van der Waals surface area contributed by atoms with Gasteiger partial charge in [0.05, 0.1) is 24.3 Å². The summed E-state index contributed by atoms with van der Waals surface area (Å²) in [6.45, 7) is 3.98. The van der Waals surface area contributed by atoms with Crippen molar-refractivity contribution in [1.82, 2.24) is 0 Å². The van der Waals surface area contributed by atoms with E-state index in [2.05, 4.69) is 0 Å². The van der Waals surface area contributed by atoms with Gasteiger partial charge in [0.15, 0.2) is 0 Å². The van der Waals surface area contributed by atoms with Gasteiger partial charge in [-0.15, -0.1) is 0 Å². The van der Waals surface area contributed by atoms with E-state index in [9.17, 15) is 9.59 Å². The van der Waals surface area contributed by atoms with Crippen LogP contribution in [0.4, 0.5) is 0 Å². The highest BCUT2D eigenvalue weighted by Gasteiger charge is 2.16. The van der Waals surface area contributed by atoms with Crippen LogP contribution in [-0.4, -0.2) is 25.2 Å². The molecule has 0 fully saturated rings. The molecule has 110 valence electrons. The first-order valence-corrected chi connectivity index (χ1v) is 7.02. The third kappa shape index (κ3) is 3.34. The number of benzene rings is 2. The normalized spacial score (nSPS) is 10.4. The number of hydrogen-bond donors (Lipinski definition) is 0. The van der Waals surface area contributed by atoms with E-state index in [4.69, 9.17) is 21.1 Å². The van der Waals surface area contributed by atoms with Crippen LogP contribution in [-0.2, 0) is 9.47 Å². The number of halogens is 1. The summed E-state index contributed by atoms with van der Waals surface area (Å²) in [5.74, 6) is -0.958. The highest BCUT2D eigenvalue weighted by Crippen LogP contribution is 2.25. The summed E-state index contributed by atoms with van der Waals surface area (Å²) in [5.41, 5.74) is 0.628. The Balaban J connectivity index is 2.62. The molecule has 0 spiro atoms. The number of hydrogen-bond acceptors (Lipinski definition) is 4. The van der Waals surface area contributed by atoms with Crippen LogP contribution in [0.1, 0.15) is 34.6 Å². The van der Waals surface area contributed by atoms with Crippen LogP contribution in [0.3, 0.4) is 0 Å². The summed E-state index contributed by atoms with van der Waals surface area (Å²) in [7, 11) is 0. The van der Waals surface area contributed by atoms with E-state index in [-0.39, 0.29) is 13.2 Å². The summed E-state index contributed by atoms with van der Waals surface area (Å²) in [5, 5.41) is 1.90. The highest BCUT2D eigenvalue weighted by atomic mass is 35.5. The molecule has 2 rings (SSSR count). The number of carbonyl (C=O) groups is 2. The van der Waals surface area contributed by atoms with Crippen molar-refractivity contribution in [2.45, 2.75) is 13.8 Å². The summed E-state index contributed by atoms with van der Waals surface area (Å²) in [6, 6.07) is 8.27. The van der Waals surface area contributed by atoms with Gasteiger partial charge in [0.2, 0.25) is 0 Å². The van der Waals surface area contributed by atoms with Crippen LogP contribution in [0.15, 0.2) is 30.3 Å². The molecule has 0 aliphatic rings. The molecular weight excluding hydrogens is 292 g/mol. The van der Waals surface area contributed by atoms with Crippen molar-refractivity contribution in [3.63, 3.8) is 0 Å². The smallest absolute Gasteiger partial charge is 0.338 e. The average Bonchev–Trinajstić information content (AvgIpc) is 2.46. The molecule has 2 aromatic carbocycles. The maximum Gasteiger partial charge on any atom is 0.338 e. The second kappa shape index (κ2) is 6.59. The van der Waals surface area contributed by atoms with E-state index in [1.54, 1.807) is 38.1 Å². The van der Waals surface area contributed by atoms with Crippen molar-refractivity contribution in [2.75, 3.05) is 13.2 Å². The second-order valence-corrected chi connectivity index (χ2v) is 4.77. The Kier molecular flexibility index (Phi) is 4.81. The fourth-order valence-corrected chi connectivity index (χ4v) is 2.23. The van der Waals surface area contributed by atoms with Gasteiger partial charge >= 0.3 is 11.9 Å². The zero-order chi connectivity index (χ0) is 15.4. The Morgan fingerprint density at radius 3 is 2.33 bits per heavy atom. The third-order valence-electron chi connectivity index (χ3n) is 2.92. The van der Waals surface area contributed by atoms with Gasteiger partial charge in [0.25, 0.3) is 0 Å². The maximum absolute atomic E-state index is 12.1. The molecule has 0 saturated carbocycles. The lowest BCUT2D eigenvalue weighted by Crippen LogP contribution is -2.10. The Morgan fingerprint density at radius 2 is 1.67 bits per heavy atom. The molecule has 0 radical (unpaired) electrons. The summed E-state index contributed by atoms with van der Waals surface area (Å²) >= 11 is 5.97. The Labute approximate surface area is 127 Å². The third-order valence-corrected chi connectivity index (χ3v) is 3.16. The van der Waals surface area contributed by atoms with Crippen molar-refractivity contribution < 1.29 is 19.1 Å². The first-order chi connectivity index (χ1) is 10.1. The molecular formula is C16H15ClO4. The van der Waals surface area contributed by atoms with Gasteiger partial charge in [0.1, 0.15) is 0 Å². The predicted octanol–water partition coefficient (Wildman–Crippen LogP) is 3.85. The minimum absolute atomic E-state index is 0.261. The first kappa shape index (κ1) is 15.3. The van der Waals surface area contributed by atoms with E-state index >= 15 is 0 Å². The molecule has 0 saturated heterocycles. The molecule has 0 N–H and O–H groups in total. The van der Waals surface area contributed by atoms with E-state index in [1.165, 1.54) is 6.07 Å². The monoisotopic (exact) mass is 306 g/mol. The van der Waals surface area contributed by atoms with E-state index in [1.807, 2.05) is 0 Å². The summed E-state index contributed by atoms with van der Waals surface area (Å²) < 4.78 is 10.0. The fourth-order valence-electron chi connectivity index (χ4n) is 2.05. The van der Waals surface area contributed by atoms with Crippen LogP contribution < -0.4 is 0 Å². The molecule has 0 aliphatic heterocycles. The molecule has 0 amide bonds. The minimum atomic E-state index is -0.482. The molecule has 5 heteroatoms. The quantitative estimate of drug-likeness (QED) is 0.805. The van der Waals surface area contributed by atoms with Gasteiger partial charge in [-0.05, 0) is 48.9 Å². The van der Waals surface area contributed by atoms with E-state index in [0.717, 1.165) is 0 Å². The van der Waals surface area contributed by atoms with Crippen LogP contribution in [0, 0.1) is 0 Å². The Morgan fingerprint density at radius 1 is 1.00 bits per heavy atom. The van der Waals surface area contributed by atoms with Crippen LogP contribution >= 0.6 is 11.6 Å². The molecule has 0 unspecified atom stereocenters. The first-order valence-electron chi connectivity index (χ1n) is 6.64. The van der Waals surface area contributed by atoms with Crippen LogP contribution in [0.2, 0.25) is 5.02 Å². The molecule has 0 aromatic heterocycles. The lowest BCUT2D eigenvalue weighted by Gasteiger charge is -2.09. The molecule has 0 atom stereocenters. The van der Waals surface area contributed by atoms with Gasteiger partial charge in [-0.3, -0.25) is 0 Å². The SMILES string of the molecule is CCOC(=O)c1cc(C(=O)OCC)c2ccc(Cl)cc2c1. The van der Waals surface area contributed by atoms with Gasteiger partial charge in [-0.1, -0.05) is 17.7 Å². The van der Waals surface area contributed by atoms with Crippen LogP contribution in [0.25, 0.3) is 10.8 Å². The fraction of sp³-hybridized carbons (Fsp3) is 0.250. The van der Waals surface area contributed by atoms with Crippen molar-refractivity contribution in [3.05, 3.63) is 46.5 Å². The van der Waals surface area contributed by atoms with Crippen LogP contribution in [0.5, 0.6) is 0 Å². The van der Waals surface area contributed by atoms with Gasteiger partial charge < -0.3 is 9.47 Å². The zero-order valence-electron chi connectivity index (χ0n) is 11.8. The number of rotatable bonds is 4. The second-order valence-electron chi connectivity index (χ2n) is 4.33. The zero-order valence-corrected chi connectivity index (χ0v) is 12.6. The lowest BCUT2D eigenvalue weighted by molar-refractivity contribution is 0.0526. The Hall–Kier alpha value is -2.07. The van der Waals surface area contributed by atoms with Crippen molar-refractivity contribution in [3.8, 4) is 0 Å². The summed E-state index contributed by atoms with van der Waals surface area (Å²) in [4.78, 5) is 24.0. The van der Waals surface area contributed by atoms with Crippen molar-refractivity contribution in [1.29, 1.82) is 0 Å². The average molecular weight is 307 g/mol. The topological polar surface area (TPSA) is 52.6 Å². The number of carbonyl (C=O) groups excluding carboxylic acids is 2. The highest BCUT2D eigenvalue weighted by molar-refractivity contribution is 6.31. The standard InChI is InChI=1S/C16H15ClO4/c1-3-20-15(18)11-7-10-8-12(17)5-6-13(10)14(9-11)16(19)21-4-2/h5-9H,3-4H2,1-2H3. The molecule has 0 bridgehead atoms. The van der Waals surface area contributed by atoms with Gasteiger partial charge in [0, 0.05) is 5.02 Å². The maximum atomic E-state index is 12.1. The number of esters is 2. The predicted molar refractivity (Wildman–Crippen MR) is 80.9 cm³/mol. The number of fused-ring (bicyclic) bond motifs is 1. The molecule has 0 aliphatic carbocycles. The number of ether oxygens (including phenoxy) is 2. The Bertz CT molecular complexity index is 694. The minimum Gasteiger partial charge on any atom is -0.462 e. The molecule has 4 nitrogen and oxygen atoms in total. The van der Waals surface area contributed by atoms with E-state index in [0.29, 0.717) is 26.9 Å². The molecule has 21 heavy (non-hydrogen) atoms. The lowest BCUT2D eigenvalue weighted by atomic mass is 10.0. The van der Waals surface area contributed by atoms with Crippen molar-refractivity contribution in [2.24, 2.45) is 0 Å². The van der Waals surface area contributed by atoms with E-state index < -0.39 is 11.9 Å². The summed E-state index contributed by atoms with van der Waals surface area (Å²) in [6.07, 6.45) is 0. The van der Waals surface area contributed by atoms with Crippen molar-refractivity contribution >= 4 is 34.3 Å². The van der Waals surface area contributed by atoms with Gasteiger partial charge in [-0.2, -0.15) is 0 Å². The largest absolute Gasteiger partial charge is 0.462 e. The molecule has 0 heterocycles. The van der Waals surface area contributed by atoms with Gasteiger partial charge in [-0.25, -0.2) is 9.59 Å². The molecule has 2 aromatic rings.